The number of carbonyl (C=O) groups is 1. The van der Waals surface area contributed by atoms with Crippen LogP contribution in [0.3, 0.4) is 0 Å². The molecule has 7 nitrogen and oxygen atoms in total. The molecule has 2 heterocycles. The molecule has 2 aromatic carbocycles. The molecule has 152 valence electrons. The van der Waals surface area contributed by atoms with Crippen LogP contribution in [0.1, 0.15) is 41.8 Å². The SMILES string of the molecule is CCC(C)NC(=O)c1c(N)n(/N=C/c2cccc(C)c2)c2nc3ccccc3nc12. The summed E-state index contributed by atoms with van der Waals surface area (Å²) in [5.74, 6) is -0.0639. The normalized spacial score (nSPS) is 12.6. The Morgan fingerprint density at radius 3 is 2.63 bits per heavy atom. The van der Waals surface area contributed by atoms with Gasteiger partial charge in [-0.25, -0.2) is 9.97 Å². The first kappa shape index (κ1) is 19.6. The molecule has 0 saturated carbocycles. The number of aromatic nitrogens is 3. The van der Waals surface area contributed by atoms with E-state index in [0.29, 0.717) is 27.8 Å². The number of rotatable bonds is 5. The van der Waals surface area contributed by atoms with Crippen molar-refractivity contribution in [1.82, 2.24) is 20.0 Å². The number of amides is 1. The van der Waals surface area contributed by atoms with Crippen molar-refractivity contribution in [3.05, 3.63) is 65.2 Å². The number of nitrogens with two attached hydrogens (primary N) is 1. The van der Waals surface area contributed by atoms with Crippen LogP contribution in [-0.2, 0) is 0 Å². The number of fused-ring (bicyclic) bond motifs is 2. The van der Waals surface area contributed by atoms with Crippen LogP contribution in [0, 0.1) is 6.92 Å². The van der Waals surface area contributed by atoms with Crippen LogP contribution >= 0.6 is 0 Å². The van der Waals surface area contributed by atoms with E-state index in [0.717, 1.165) is 17.5 Å². The van der Waals surface area contributed by atoms with Gasteiger partial charge >= 0.3 is 0 Å². The summed E-state index contributed by atoms with van der Waals surface area (Å²) in [5.41, 5.74) is 11.0. The molecule has 3 N–H and O–H groups in total. The molecule has 1 atom stereocenters. The predicted octanol–water partition coefficient (Wildman–Crippen LogP) is 3.89. The summed E-state index contributed by atoms with van der Waals surface area (Å²) in [6.45, 7) is 5.98. The van der Waals surface area contributed by atoms with Crippen LogP contribution in [0.15, 0.2) is 53.6 Å². The number of nitrogen functional groups attached to an aromatic ring is 1. The largest absolute Gasteiger partial charge is 0.383 e. The highest BCUT2D eigenvalue weighted by atomic mass is 16.1. The molecule has 0 spiro atoms. The monoisotopic (exact) mass is 400 g/mol. The molecule has 0 radical (unpaired) electrons. The Bertz CT molecular complexity index is 1270. The average molecular weight is 400 g/mol. The maximum atomic E-state index is 13.0. The highest BCUT2D eigenvalue weighted by Gasteiger charge is 2.24. The lowest BCUT2D eigenvalue weighted by molar-refractivity contribution is 0.0941. The van der Waals surface area contributed by atoms with Crippen molar-refractivity contribution in [3.63, 3.8) is 0 Å². The van der Waals surface area contributed by atoms with Crippen molar-refractivity contribution < 1.29 is 4.79 Å². The number of nitrogens with zero attached hydrogens (tertiary/aromatic N) is 4. The molecule has 2 aromatic heterocycles. The molecule has 1 amide bonds. The van der Waals surface area contributed by atoms with Gasteiger partial charge in [0.25, 0.3) is 5.91 Å². The van der Waals surface area contributed by atoms with Gasteiger partial charge in [-0.3, -0.25) is 4.79 Å². The molecule has 7 heteroatoms. The minimum absolute atomic E-state index is 0.0134. The number of aryl methyl sites for hydroxylation is 1. The molecule has 0 aliphatic heterocycles. The quantitative estimate of drug-likeness (QED) is 0.497. The third-order valence-corrected chi connectivity index (χ3v) is 5.06. The lowest BCUT2D eigenvalue weighted by atomic mass is 10.2. The van der Waals surface area contributed by atoms with Gasteiger partial charge in [0, 0.05) is 6.04 Å². The van der Waals surface area contributed by atoms with Crippen molar-refractivity contribution in [2.45, 2.75) is 33.2 Å². The zero-order valence-electron chi connectivity index (χ0n) is 17.3. The smallest absolute Gasteiger partial charge is 0.257 e. The van der Waals surface area contributed by atoms with Crippen molar-refractivity contribution in [2.24, 2.45) is 5.10 Å². The number of anilines is 1. The fourth-order valence-electron chi connectivity index (χ4n) is 3.26. The van der Waals surface area contributed by atoms with Gasteiger partial charge < -0.3 is 11.1 Å². The Morgan fingerprint density at radius 1 is 1.20 bits per heavy atom. The highest BCUT2D eigenvalue weighted by molar-refractivity contribution is 6.10. The second-order valence-corrected chi connectivity index (χ2v) is 7.40. The average Bonchev–Trinajstić information content (AvgIpc) is 3.00. The molecule has 0 aliphatic carbocycles. The summed E-state index contributed by atoms with van der Waals surface area (Å²) in [4.78, 5) is 22.4. The van der Waals surface area contributed by atoms with E-state index < -0.39 is 0 Å². The third kappa shape index (κ3) is 3.61. The molecule has 1 unspecified atom stereocenters. The number of para-hydroxylation sites is 2. The van der Waals surface area contributed by atoms with Gasteiger partial charge in [-0.1, -0.05) is 48.9 Å². The highest BCUT2D eigenvalue weighted by Crippen LogP contribution is 2.28. The number of benzene rings is 2. The maximum Gasteiger partial charge on any atom is 0.257 e. The van der Waals surface area contributed by atoms with Crippen LogP contribution < -0.4 is 11.1 Å². The zero-order valence-corrected chi connectivity index (χ0v) is 17.3. The van der Waals surface area contributed by atoms with E-state index in [-0.39, 0.29) is 17.8 Å². The predicted molar refractivity (Wildman–Crippen MR) is 121 cm³/mol. The molecule has 0 bridgehead atoms. The molecule has 0 fully saturated rings. The Labute approximate surface area is 174 Å². The first-order chi connectivity index (χ1) is 14.5. The summed E-state index contributed by atoms with van der Waals surface area (Å²) >= 11 is 0. The Hall–Kier alpha value is -3.74. The first-order valence-electron chi connectivity index (χ1n) is 9.96. The Kier molecular flexibility index (Phi) is 5.18. The van der Waals surface area contributed by atoms with E-state index in [1.54, 1.807) is 6.21 Å². The second-order valence-electron chi connectivity index (χ2n) is 7.40. The fourth-order valence-corrected chi connectivity index (χ4v) is 3.26. The van der Waals surface area contributed by atoms with Crippen molar-refractivity contribution in [2.75, 3.05) is 5.73 Å². The third-order valence-electron chi connectivity index (χ3n) is 5.06. The van der Waals surface area contributed by atoms with Crippen LogP contribution in [0.2, 0.25) is 0 Å². The second kappa shape index (κ2) is 7.94. The summed E-state index contributed by atoms with van der Waals surface area (Å²) in [5, 5.41) is 7.51. The van der Waals surface area contributed by atoms with E-state index in [9.17, 15) is 4.79 Å². The molecule has 0 aliphatic rings. The number of carbonyl (C=O) groups excluding carboxylic acids is 1. The van der Waals surface area contributed by atoms with Gasteiger partial charge in [-0.05, 0) is 38.0 Å². The van der Waals surface area contributed by atoms with E-state index in [1.165, 1.54) is 4.68 Å². The van der Waals surface area contributed by atoms with E-state index >= 15 is 0 Å². The lowest BCUT2D eigenvalue weighted by Gasteiger charge is -2.11. The van der Waals surface area contributed by atoms with Gasteiger partial charge in [0.2, 0.25) is 0 Å². The van der Waals surface area contributed by atoms with Crippen molar-refractivity contribution in [3.8, 4) is 0 Å². The molecule has 0 saturated heterocycles. The van der Waals surface area contributed by atoms with Crippen molar-refractivity contribution >= 4 is 40.1 Å². The first-order valence-corrected chi connectivity index (χ1v) is 9.96. The summed E-state index contributed by atoms with van der Waals surface area (Å²) < 4.78 is 1.49. The molecular formula is C23H24N6O. The van der Waals surface area contributed by atoms with Crippen molar-refractivity contribution in [1.29, 1.82) is 0 Å². The van der Waals surface area contributed by atoms with E-state index in [1.807, 2.05) is 69.3 Å². The number of hydrogen-bond acceptors (Lipinski definition) is 5. The standard InChI is InChI=1S/C23H24N6O/c1-4-15(3)26-23(30)19-20-22(28-18-11-6-5-10-17(18)27-20)29(21(19)24)25-13-16-9-7-8-14(2)12-16/h5-13,15H,4,24H2,1-3H3,(H,26,30)/b25-13+. The fraction of sp³-hybridized carbons (Fsp3) is 0.217. The van der Waals surface area contributed by atoms with E-state index in [2.05, 4.69) is 15.4 Å². The van der Waals surface area contributed by atoms with Crippen LogP contribution in [0.5, 0.6) is 0 Å². The molecule has 30 heavy (non-hydrogen) atoms. The zero-order chi connectivity index (χ0) is 21.3. The summed E-state index contributed by atoms with van der Waals surface area (Å²) in [6.07, 6.45) is 2.51. The summed E-state index contributed by atoms with van der Waals surface area (Å²) in [6, 6.07) is 15.5. The Morgan fingerprint density at radius 2 is 1.93 bits per heavy atom. The van der Waals surface area contributed by atoms with Gasteiger partial charge in [0.1, 0.15) is 16.9 Å². The minimum Gasteiger partial charge on any atom is -0.383 e. The van der Waals surface area contributed by atoms with Crippen LogP contribution in [-0.4, -0.2) is 32.8 Å². The van der Waals surface area contributed by atoms with Gasteiger partial charge in [0.15, 0.2) is 5.65 Å². The topological polar surface area (TPSA) is 98.2 Å². The lowest BCUT2D eigenvalue weighted by Crippen LogP contribution is -2.32. The van der Waals surface area contributed by atoms with Crippen LogP contribution in [0.25, 0.3) is 22.2 Å². The minimum atomic E-state index is -0.277. The number of nitrogens with one attached hydrogen (secondary N) is 1. The van der Waals surface area contributed by atoms with Crippen LogP contribution in [0.4, 0.5) is 5.82 Å². The maximum absolute atomic E-state index is 13.0. The molecule has 4 rings (SSSR count). The number of hydrogen-bond donors (Lipinski definition) is 2. The molecule has 4 aromatic rings. The van der Waals surface area contributed by atoms with E-state index in [4.69, 9.17) is 10.7 Å². The summed E-state index contributed by atoms with van der Waals surface area (Å²) in [7, 11) is 0. The van der Waals surface area contributed by atoms with Gasteiger partial charge in [0.05, 0.1) is 17.2 Å². The van der Waals surface area contributed by atoms with Gasteiger partial charge in [-0.2, -0.15) is 9.78 Å². The van der Waals surface area contributed by atoms with Gasteiger partial charge in [-0.15, -0.1) is 0 Å². The molecular weight excluding hydrogens is 376 g/mol. The Balaban J connectivity index is 1.91.